The summed E-state index contributed by atoms with van der Waals surface area (Å²) in [6, 6.07) is 0. The van der Waals surface area contributed by atoms with Crippen LogP contribution in [0.2, 0.25) is 0 Å². The molecule has 0 unspecified atom stereocenters. The van der Waals surface area contributed by atoms with Gasteiger partial charge in [0.05, 0.1) is 12.0 Å². The molecule has 0 aliphatic carbocycles. The van der Waals surface area contributed by atoms with Gasteiger partial charge in [0.2, 0.25) is 0 Å². The molecule has 0 aromatic rings. The fourth-order valence-corrected chi connectivity index (χ4v) is 3.91. The lowest BCUT2D eigenvalue weighted by Gasteiger charge is -2.32. The van der Waals surface area contributed by atoms with Crippen LogP contribution in [0, 0.1) is 5.92 Å². The molecule has 0 aromatic carbocycles. The van der Waals surface area contributed by atoms with Gasteiger partial charge in [0.1, 0.15) is 11.7 Å². The molecule has 2 aliphatic rings. The Morgan fingerprint density at radius 3 is 2.57 bits per heavy atom. The Balaban J connectivity index is 2.13. The van der Waals surface area contributed by atoms with E-state index in [2.05, 4.69) is 39.8 Å². The predicted octanol–water partition coefficient (Wildman–Crippen LogP) is 4.40. The van der Waals surface area contributed by atoms with Crippen molar-refractivity contribution >= 4 is 5.97 Å². The van der Waals surface area contributed by atoms with Crippen LogP contribution in [0.25, 0.3) is 0 Å². The van der Waals surface area contributed by atoms with E-state index in [-0.39, 0.29) is 23.3 Å². The van der Waals surface area contributed by atoms with Crippen molar-refractivity contribution in [2.45, 2.75) is 89.9 Å². The highest BCUT2D eigenvalue weighted by Gasteiger charge is 2.60. The molecule has 0 spiro atoms. The van der Waals surface area contributed by atoms with Gasteiger partial charge < -0.3 is 9.47 Å². The van der Waals surface area contributed by atoms with Crippen molar-refractivity contribution in [2.75, 3.05) is 0 Å². The number of rotatable bonds is 7. The molecule has 0 radical (unpaired) electrons. The Labute approximate surface area is 129 Å². The Morgan fingerprint density at radius 1 is 1.29 bits per heavy atom. The third-order valence-electron chi connectivity index (χ3n) is 5.31. The summed E-state index contributed by atoms with van der Waals surface area (Å²) in [6.45, 7) is 8.71. The SMILES string of the molecule is CC/C=C/[C@H](CC)C[C@]1(CC)C[C@]2(CC)OC(=O)C[C@@H]2O1. The Bertz CT molecular complexity index is 403. The Hall–Kier alpha value is -0.830. The molecule has 2 heterocycles. The van der Waals surface area contributed by atoms with E-state index in [1.807, 2.05) is 0 Å². The summed E-state index contributed by atoms with van der Waals surface area (Å²) >= 11 is 0. The second-order valence-electron chi connectivity index (χ2n) is 6.63. The molecule has 120 valence electrons. The minimum absolute atomic E-state index is 0.0392. The lowest BCUT2D eigenvalue weighted by molar-refractivity contribution is -0.149. The smallest absolute Gasteiger partial charge is 0.309 e. The first kappa shape index (κ1) is 16.5. The number of fused-ring (bicyclic) bond motifs is 1. The van der Waals surface area contributed by atoms with Gasteiger partial charge in [0.25, 0.3) is 0 Å². The van der Waals surface area contributed by atoms with E-state index in [1.54, 1.807) is 0 Å². The standard InChI is InChI=1S/C18H30O3/c1-5-9-10-14(6-2)12-17(7-3)13-18(8-4)15(20-17)11-16(19)21-18/h9-10,14-15H,5-8,11-13H2,1-4H3/b10-9+/t14-,15-,17+,18-/m0/s1. The highest BCUT2D eigenvalue weighted by Crippen LogP contribution is 2.51. The number of ether oxygens (including phenoxy) is 2. The van der Waals surface area contributed by atoms with Crippen LogP contribution in [-0.2, 0) is 14.3 Å². The van der Waals surface area contributed by atoms with Crippen molar-refractivity contribution in [2.24, 2.45) is 5.92 Å². The van der Waals surface area contributed by atoms with Crippen molar-refractivity contribution in [3.63, 3.8) is 0 Å². The van der Waals surface area contributed by atoms with Gasteiger partial charge in [-0.15, -0.1) is 0 Å². The van der Waals surface area contributed by atoms with E-state index in [1.165, 1.54) is 0 Å². The lowest BCUT2D eigenvalue weighted by atomic mass is 9.79. The number of allylic oxidation sites excluding steroid dienone is 2. The van der Waals surface area contributed by atoms with Crippen molar-refractivity contribution in [1.82, 2.24) is 0 Å². The molecule has 0 bridgehead atoms. The van der Waals surface area contributed by atoms with Crippen LogP contribution in [0.3, 0.4) is 0 Å². The molecule has 3 heteroatoms. The van der Waals surface area contributed by atoms with Gasteiger partial charge >= 0.3 is 5.97 Å². The van der Waals surface area contributed by atoms with E-state index in [4.69, 9.17) is 9.47 Å². The van der Waals surface area contributed by atoms with E-state index < -0.39 is 0 Å². The van der Waals surface area contributed by atoms with E-state index in [9.17, 15) is 4.79 Å². The van der Waals surface area contributed by atoms with E-state index >= 15 is 0 Å². The van der Waals surface area contributed by atoms with Crippen LogP contribution in [0.4, 0.5) is 0 Å². The van der Waals surface area contributed by atoms with Gasteiger partial charge in [-0.3, -0.25) is 4.79 Å². The van der Waals surface area contributed by atoms with Crippen LogP contribution < -0.4 is 0 Å². The highest BCUT2D eigenvalue weighted by molar-refractivity contribution is 5.73. The average molecular weight is 294 g/mol. The predicted molar refractivity (Wildman–Crippen MR) is 84.1 cm³/mol. The van der Waals surface area contributed by atoms with Gasteiger partial charge in [0, 0.05) is 6.42 Å². The molecule has 0 N–H and O–H groups in total. The molecule has 4 atom stereocenters. The van der Waals surface area contributed by atoms with Gasteiger partial charge in [-0.25, -0.2) is 0 Å². The van der Waals surface area contributed by atoms with Gasteiger partial charge in [-0.2, -0.15) is 0 Å². The molecule has 2 fully saturated rings. The first-order valence-electron chi connectivity index (χ1n) is 8.59. The van der Waals surface area contributed by atoms with Gasteiger partial charge in [-0.05, 0) is 38.0 Å². The van der Waals surface area contributed by atoms with Crippen molar-refractivity contribution < 1.29 is 14.3 Å². The van der Waals surface area contributed by atoms with Crippen LogP contribution >= 0.6 is 0 Å². The molecule has 2 rings (SSSR count). The van der Waals surface area contributed by atoms with Crippen LogP contribution in [0.5, 0.6) is 0 Å². The second kappa shape index (κ2) is 6.51. The number of carbonyl (C=O) groups excluding carboxylic acids is 1. The molecule has 2 saturated heterocycles. The van der Waals surface area contributed by atoms with Crippen molar-refractivity contribution in [3.05, 3.63) is 12.2 Å². The maximum atomic E-state index is 11.6. The molecule has 21 heavy (non-hydrogen) atoms. The zero-order valence-corrected chi connectivity index (χ0v) is 14.0. The zero-order chi connectivity index (χ0) is 15.5. The Kier molecular flexibility index (Phi) is 5.13. The molecule has 3 nitrogen and oxygen atoms in total. The summed E-state index contributed by atoms with van der Waals surface area (Å²) in [4.78, 5) is 11.6. The maximum Gasteiger partial charge on any atom is 0.309 e. The summed E-state index contributed by atoms with van der Waals surface area (Å²) in [5, 5.41) is 0. The number of hydrogen-bond acceptors (Lipinski definition) is 3. The minimum Gasteiger partial charge on any atom is -0.456 e. The van der Waals surface area contributed by atoms with E-state index in [0.29, 0.717) is 12.3 Å². The molecular weight excluding hydrogens is 264 g/mol. The third kappa shape index (κ3) is 3.18. The second-order valence-corrected chi connectivity index (χ2v) is 6.63. The fraction of sp³-hybridized carbons (Fsp3) is 0.833. The molecule has 0 aromatic heterocycles. The summed E-state index contributed by atoms with van der Waals surface area (Å²) in [6.07, 6.45) is 10.9. The first-order valence-corrected chi connectivity index (χ1v) is 8.59. The summed E-state index contributed by atoms with van der Waals surface area (Å²) in [5.74, 6) is 0.456. The Morgan fingerprint density at radius 2 is 2.05 bits per heavy atom. The topological polar surface area (TPSA) is 35.5 Å². The van der Waals surface area contributed by atoms with Crippen molar-refractivity contribution in [3.8, 4) is 0 Å². The minimum atomic E-state index is -0.361. The van der Waals surface area contributed by atoms with E-state index in [0.717, 1.165) is 38.5 Å². The summed E-state index contributed by atoms with van der Waals surface area (Å²) in [5.41, 5.74) is -0.486. The fourth-order valence-electron chi connectivity index (χ4n) is 3.91. The largest absolute Gasteiger partial charge is 0.456 e. The normalized spacial score (nSPS) is 37.0. The zero-order valence-electron chi connectivity index (χ0n) is 14.0. The average Bonchev–Trinajstić information content (AvgIpc) is 2.93. The van der Waals surface area contributed by atoms with Crippen LogP contribution in [-0.4, -0.2) is 23.3 Å². The molecular formula is C18H30O3. The highest BCUT2D eigenvalue weighted by atomic mass is 16.6. The summed E-state index contributed by atoms with van der Waals surface area (Å²) in [7, 11) is 0. The van der Waals surface area contributed by atoms with Crippen LogP contribution in [0.15, 0.2) is 12.2 Å². The van der Waals surface area contributed by atoms with Crippen molar-refractivity contribution in [1.29, 1.82) is 0 Å². The third-order valence-corrected chi connectivity index (χ3v) is 5.31. The quantitative estimate of drug-likeness (QED) is 0.515. The van der Waals surface area contributed by atoms with Crippen LogP contribution in [0.1, 0.15) is 72.6 Å². The van der Waals surface area contributed by atoms with Gasteiger partial charge in [-0.1, -0.05) is 39.8 Å². The van der Waals surface area contributed by atoms with Gasteiger partial charge in [0.15, 0.2) is 0 Å². The monoisotopic (exact) mass is 294 g/mol. The number of carbonyl (C=O) groups is 1. The number of hydrogen-bond donors (Lipinski definition) is 0. The lowest BCUT2D eigenvalue weighted by Crippen LogP contribution is -2.36. The molecule has 0 saturated carbocycles. The molecule has 0 amide bonds. The maximum absolute atomic E-state index is 11.6. The summed E-state index contributed by atoms with van der Waals surface area (Å²) < 4.78 is 12.1. The number of esters is 1. The molecule has 2 aliphatic heterocycles. The first-order chi connectivity index (χ1) is 10.0.